The van der Waals surface area contributed by atoms with Crippen LogP contribution in [0.5, 0.6) is 5.75 Å². The lowest BCUT2D eigenvalue weighted by Gasteiger charge is -2.24. The molecule has 2 atom stereocenters. The molecule has 0 saturated carbocycles. The van der Waals surface area contributed by atoms with E-state index in [0.29, 0.717) is 5.75 Å². The highest BCUT2D eigenvalue weighted by molar-refractivity contribution is 5.89. The molecule has 0 aliphatic heterocycles. The van der Waals surface area contributed by atoms with Crippen LogP contribution in [0.15, 0.2) is 48.5 Å². The highest BCUT2D eigenvalue weighted by Gasteiger charge is 2.29. The first-order valence-electron chi connectivity index (χ1n) is 11.2. The highest BCUT2D eigenvalue weighted by Crippen LogP contribution is 2.26. The second-order valence-electron chi connectivity index (χ2n) is 8.98. The number of rotatable bonds is 10. The smallest absolute Gasteiger partial charge is 0.408 e. The van der Waals surface area contributed by atoms with Crippen LogP contribution in [-0.2, 0) is 32.1 Å². The van der Waals surface area contributed by atoms with Gasteiger partial charge in [0.15, 0.2) is 0 Å². The fourth-order valence-electron chi connectivity index (χ4n) is 3.16. The molecule has 0 fully saturated rings. The Morgan fingerprint density at radius 3 is 2.31 bits per heavy atom. The number of carbonyl (C=O) groups excluding carboxylic acids is 3. The van der Waals surface area contributed by atoms with Gasteiger partial charge in [0.1, 0.15) is 30.0 Å². The molecular formula is C25H31N3O8. The van der Waals surface area contributed by atoms with Crippen LogP contribution in [0.25, 0.3) is 0 Å². The Bertz CT molecular complexity index is 1080. The second kappa shape index (κ2) is 12.5. The third-order valence-electron chi connectivity index (χ3n) is 4.84. The number of methoxy groups -OCH3 is 1. The molecule has 0 heterocycles. The van der Waals surface area contributed by atoms with Crippen LogP contribution in [0.1, 0.15) is 38.8 Å². The molecule has 2 aromatic rings. The number of nitro benzene ring substituents is 1. The van der Waals surface area contributed by atoms with Gasteiger partial charge < -0.3 is 24.8 Å². The second-order valence-corrected chi connectivity index (χ2v) is 8.98. The number of esters is 1. The predicted octanol–water partition coefficient (Wildman–Crippen LogP) is 3.29. The van der Waals surface area contributed by atoms with E-state index >= 15 is 0 Å². The predicted molar refractivity (Wildman–Crippen MR) is 130 cm³/mol. The van der Waals surface area contributed by atoms with Crippen molar-refractivity contribution >= 4 is 23.7 Å². The molecule has 0 saturated heterocycles. The molecule has 11 heteroatoms. The van der Waals surface area contributed by atoms with Crippen LogP contribution in [-0.4, -0.2) is 47.7 Å². The minimum atomic E-state index is -1.30. The van der Waals surface area contributed by atoms with Gasteiger partial charge in [-0.3, -0.25) is 14.9 Å². The molecule has 0 aromatic heterocycles. The number of nitrogens with one attached hydrogen (secondary N) is 2. The molecule has 0 aliphatic carbocycles. The van der Waals surface area contributed by atoms with E-state index < -0.39 is 40.6 Å². The number of nitrogens with zero attached hydrogens (tertiary/aromatic N) is 1. The van der Waals surface area contributed by atoms with E-state index in [1.807, 2.05) is 30.3 Å². The standard InChI is InChI=1S/C25H31N3O8/c1-16(23(30)34-5)26-22(29)20(27-24(31)36-25(2,3)4)14-18-13-19(11-12-21(18)28(32)33)35-15-17-9-7-6-8-10-17/h6-13,16,20H,14-15H2,1-5H3,(H,26,29)(H,27,31)/t16-,20-/m0/s1. The van der Waals surface area contributed by atoms with Crippen LogP contribution >= 0.6 is 0 Å². The topological polar surface area (TPSA) is 146 Å². The maximum absolute atomic E-state index is 13.0. The zero-order valence-corrected chi connectivity index (χ0v) is 20.9. The fraction of sp³-hybridized carbons (Fsp3) is 0.400. The number of hydrogen-bond donors (Lipinski definition) is 2. The number of carbonyl (C=O) groups is 3. The van der Waals surface area contributed by atoms with Crippen molar-refractivity contribution in [3.05, 3.63) is 69.8 Å². The molecule has 194 valence electrons. The first-order valence-corrected chi connectivity index (χ1v) is 11.2. The van der Waals surface area contributed by atoms with Crippen molar-refractivity contribution < 1.29 is 33.5 Å². The summed E-state index contributed by atoms with van der Waals surface area (Å²) in [5, 5.41) is 16.6. The van der Waals surface area contributed by atoms with Gasteiger partial charge in [-0.1, -0.05) is 30.3 Å². The van der Waals surface area contributed by atoms with Gasteiger partial charge in [-0.05, 0) is 45.4 Å². The van der Waals surface area contributed by atoms with Crippen molar-refractivity contribution in [3.63, 3.8) is 0 Å². The van der Waals surface area contributed by atoms with E-state index in [2.05, 4.69) is 15.4 Å². The molecule has 0 spiro atoms. The zero-order chi connectivity index (χ0) is 26.9. The Hall–Kier alpha value is -4.15. The first kappa shape index (κ1) is 28.1. The van der Waals surface area contributed by atoms with E-state index in [0.717, 1.165) is 5.56 Å². The van der Waals surface area contributed by atoms with Crippen molar-refractivity contribution in [1.29, 1.82) is 0 Å². The van der Waals surface area contributed by atoms with Crippen molar-refractivity contribution in [1.82, 2.24) is 10.6 Å². The van der Waals surface area contributed by atoms with E-state index in [9.17, 15) is 24.5 Å². The number of hydrogen-bond acceptors (Lipinski definition) is 8. The summed E-state index contributed by atoms with van der Waals surface area (Å²) in [4.78, 5) is 48.2. The maximum Gasteiger partial charge on any atom is 0.408 e. The largest absolute Gasteiger partial charge is 0.489 e. The zero-order valence-electron chi connectivity index (χ0n) is 20.9. The molecule has 2 aromatic carbocycles. The van der Waals surface area contributed by atoms with Gasteiger partial charge in [0.25, 0.3) is 5.69 Å². The van der Waals surface area contributed by atoms with Crippen molar-refractivity contribution in [2.75, 3.05) is 7.11 Å². The van der Waals surface area contributed by atoms with Crippen LogP contribution in [0.4, 0.5) is 10.5 Å². The Kier molecular flexibility index (Phi) is 9.77. The first-order chi connectivity index (χ1) is 16.9. The molecule has 0 bridgehead atoms. The summed E-state index contributed by atoms with van der Waals surface area (Å²) in [5.74, 6) is -1.09. The van der Waals surface area contributed by atoms with Gasteiger partial charge in [0, 0.05) is 18.1 Å². The van der Waals surface area contributed by atoms with E-state index in [1.165, 1.54) is 32.2 Å². The number of ether oxygens (including phenoxy) is 3. The van der Waals surface area contributed by atoms with E-state index in [-0.39, 0.29) is 24.3 Å². The third kappa shape index (κ3) is 8.90. The summed E-state index contributed by atoms with van der Waals surface area (Å²) in [6, 6.07) is 11.2. The SMILES string of the molecule is COC(=O)[C@H](C)NC(=O)[C@H](Cc1cc(OCc2ccccc2)ccc1[N+](=O)[O-])NC(=O)OC(C)(C)C. The average molecular weight is 502 g/mol. The molecule has 0 radical (unpaired) electrons. The minimum Gasteiger partial charge on any atom is -0.489 e. The Labute approximate surface area is 209 Å². The number of amides is 2. The van der Waals surface area contributed by atoms with E-state index in [4.69, 9.17) is 9.47 Å². The fourth-order valence-corrected chi connectivity index (χ4v) is 3.16. The normalized spacial score (nSPS) is 12.6. The molecule has 2 N–H and O–H groups in total. The van der Waals surface area contributed by atoms with Crippen molar-refractivity contribution in [2.24, 2.45) is 0 Å². The number of alkyl carbamates (subject to hydrolysis) is 1. The summed E-state index contributed by atoms with van der Waals surface area (Å²) in [5.41, 5.74) is -0.0564. The summed E-state index contributed by atoms with van der Waals surface area (Å²) < 4.78 is 15.6. The van der Waals surface area contributed by atoms with E-state index in [1.54, 1.807) is 20.8 Å². The summed E-state index contributed by atoms with van der Waals surface area (Å²) in [6.07, 6.45) is -1.16. The Balaban J connectivity index is 2.31. The van der Waals surface area contributed by atoms with Crippen LogP contribution in [0, 0.1) is 10.1 Å². The number of benzene rings is 2. The lowest BCUT2D eigenvalue weighted by molar-refractivity contribution is -0.385. The number of nitro groups is 1. The lowest BCUT2D eigenvalue weighted by atomic mass is 10.0. The van der Waals surface area contributed by atoms with Crippen LogP contribution in [0.3, 0.4) is 0 Å². The molecule has 2 rings (SSSR count). The van der Waals surface area contributed by atoms with Gasteiger partial charge in [0.2, 0.25) is 5.91 Å². The van der Waals surface area contributed by atoms with Crippen molar-refractivity contribution in [3.8, 4) is 5.75 Å². The van der Waals surface area contributed by atoms with Gasteiger partial charge in [-0.25, -0.2) is 9.59 Å². The van der Waals surface area contributed by atoms with Crippen LogP contribution < -0.4 is 15.4 Å². The Morgan fingerprint density at radius 2 is 1.72 bits per heavy atom. The van der Waals surface area contributed by atoms with Crippen LogP contribution in [0.2, 0.25) is 0 Å². The molecular weight excluding hydrogens is 470 g/mol. The molecule has 2 amide bonds. The van der Waals surface area contributed by atoms with Gasteiger partial charge in [0.05, 0.1) is 12.0 Å². The van der Waals surface area contributed by atoms with Gasteiger partial charge >= 0.3 is 12.1 Å². The third-order valence-corrected chi connectivity index (χ3v) is 4.84. The molecule has 0 unspecified atom stereocenters. The van der Waals surface area contributed by atoms with Crippen molar-refractivity contribution in [2.45, 2.75) is 58.4 Å². The Morgan fingerprint density at radius 1 is 1.06 bits per heavy atom. The lowest BCUT2D eigenvalue weighted by Crippen LogP contribution is -2.52. The summed E-state index contributed by atoms with van der Waals surface area (Å²) in [7, 11) is 1.17. The maximum atomic E-state index is 13.0. The minimum absolute atomic E-state index is 0.146. The average Bonchev–Trinajstić information content (AvgIpc) is 2.81. The van der Waals surface area contributed by atoms with Gasteiger partial charge in [-0.2, -0.15) is 0 Å². The molecule has 36 heavy (non-hydrogen) atoms. The summed E-state index contributed by atoms with van der Waals surface area (Å²) in [6.45, 7) is 6.60. The molecule has 11 nitrogen and oxygen atoms in total. The highest BCUT2D eigenvalue weighted by atomic mass is 16.6. The molecule has 0 aliphatic rings. The summed E-state index contributed by atoms with van der Waals surface area (Å²) >= 11 is 0. The van der Waals surface area contributed by atoms with Gasteiger partial charge in [-0.15, -0.1) is 0 Å². The monoisotopic (exact) mass is 501 g/mol. The quantitative estimate of drug-likeness (QED) is 0.286.